The van der Waals surface area contributed by atoms with Gasteiger partial charge in [0, 0.05) is 11.7 Å². The van der Waals surface area contributed by atoms with Crippen molar-refractivity contribution in [1.29, 1.82) is 0 Å². The zero-order chi connectivity index (χ0) is 13.0. The fourth-order valence-electron chi connectivity index (χ4n) is 1.67. The van der Waals surface area contributed by atoms with Crippen LogP contribution in [0.2, 0.25) is 0 Å². The fraction of sp³-hybridized carbons (Fsp3) is 0.583. The SMILES string of the molecule is CCC(Nc1nc(C)cc(C(N)=S)n1)C(C)C. The molecule has 0 saturated carbocycles. The van der Waals surface area contributed by atoms with E-state index in [0.29, 0.717) is 28.6 Å². The summed E-state index contributed by atoms with van der Waals surface area (Å²) in [4.78, 5) is 8.97. The van der Waals surface area contributed by atoms with Crippen LogP contribution < -0.4 is 11.1 Å². The molecular weight excluding hydrogens is 232 g/mol. The summed E-state index contributed by atoms with van der Waals surface area (Å²) in [6.07, 6.45) is 1.03. The van der Waals surface area contributed by atoms with Gasteiger partial charge >= 0.3 is 0 Å². The first-order chi connectivity index (χ1) is 7.93. The van der Waals surface area contributed by atoms with Crippen LogP contribution in [-0.4, -0.2) is 21.0 Å². The highest BCUT2D eigenvalue weighted by molar-refractivity contribution is 7.80. The van der Waals surface area contributed by atoms with Gasteiger partial charge in [0.25, 0.3) is 0 Å². The van der Waals surface area contributed by atoms with Gasteiger partial charge in [0.15, 0.2) is 0 Å². The Bertz CT molecular complexity index is 403. The maximum Gasteiger partial charge on any atom is 0.223 e. The van der Waals surface area contributed by atoms with Gasteiger partial charge in [0.1, 0.15) is 10.7 Å². The Morgan fingerprint density at radius 2 is 2.12 bits per heavy atom. The topological polar surface area (TPSA) is 63.8 Å². The second kappa shape index (κ2) is 5.91. The van der Waals surface area contributed by atoms with Crippen LogP contribution in [-0.2, 0) is 0 Å². The first-order valence-corrected chi connectivity index (χ1v) is 6.26. The van der Waals surface area contributed by atoms with Crippen molar-refractivity contribution in [3.8, 4) is 0 Å². The summed E-state index contributed by atoms with van der Waals surface area (Å²) in [6, 6.07) is 2.15. The van der Waals surface area contributed by atoms with Gasteiger partial charge in [-0.25, -0.2) is 9.97 Å². The minimum atomic E-state index is 0.302. The fourth-order valence-corrected chi connectivity index (χ4v) is 1.77. The quantitative estimate of drug-likeness (QED) is 0.787. The summed E-state index contributed by atoms with van der Waals surface area (Å²) >= 11 is 4.93. The van der Waals surface area contributed by atoms with Gasteiger partial charge in [-0.1, -0.05) is 33.0 Å². The summed E-state index contributed by atoms with van der Waals surface area (Å²) < 4.78 is 0. The lowest BCUT2D eigenvalue weighted by molar-refractivity contribution is 0.508. The number of nitrogens with one attached hydrogen (secondary N) is 1. The van der Waals surface area contributed by atoms with Crippen molar-refractivity contribution in [2.45, 2.75) is 40.2 Å². The number of hydrogen-bond acceptors (Lipinski definition) is 4. The molecule has 1 aromatic rings. The maximum absolute atomic E-state index is 5.59. The highest BCUT2D eigenvalue weighted by Gasteiger charge is 2.13. The van der Waals surface area contributed by atoms with E-state index in [2.05, 4.69) is 36.1 Å². The van der Waals surface area contributed by atoms with Crippen molar-refractivity contribution in [2.75, 3.05) is 5.32 Å². The Hall–Kier alpha value is -1.23. The third kappa shape index (κ3) is 3.93. The molecule has 0 spiro atoms. The summed E-state index contributed by atoms with van der Waals surface area (Å²) in [5, 5.41) is 3.33. The Kier molecular flexibility index (Phi) is 4.81. The van der Waals surface area contributed by atoms with E-state index in [9.17, 15) is 0 Å². The van der Waals surface area contributed by atoms with Crippen LogP contribution in [0.5, 0.6) is 0 Å². The van der Waals surface area contributed by atoms with Crippen LogP contribution in [0, 0.1) is 12.8 Å². The molecule has 3 N–H and O–H groups in total. The first kappa shape index (κ1) is 13.8. The number of aryl methyl sites for hydroxylation is 1. The lowest BCUT2D eigenvalue weighted by Gasteiger charge is -2.21. The van der Waals surface area contributed by atoms with E-state index < -0.39 is 0 Å². The molecule has 1 aromatic heterocycles. The second-order valence-corrected chi connectivity index (χ2v) is 4.93. The lowest BCUT2D eigenvalue weighted by Crippen LogP contribution is -2.26. The summed E-state index contributed by atoms with van der Waals surface area (Å²) in [7, 11) is 0. The van der Waals surface area contributed by atoms with Gasteiger partial charge in [0.2, 0.25) is 5.95 Å². The average molecular weight is 252 g/mol. The van der Waals surface area contributed by atoms with Gasteiger partial charge in [-0.15, -0.1) is 0 Å². The van der Waals surface area contributed by atoms with E-state index in [1.165, 1.54) is 0 Å². The predicted octanol–water partition coefficient (Wildman–Crippen LogP) is 2.27. The Morgan fingerprint density at radius 3 is 2.59 bits per heavy atom. The number of nitrogens with two attached hydrogens (primary N) is 1. The zero-order valence-electron chi connectivity index (χ0n) is 10.8. The predicted molar refractivity (Wildman–Crippen MR) is 75.2 cm³/mol. The molecule has 0 aliphatic carbocycles. The molecule has 1 unspecified atom stereocenters. The molecule has 4 nitrogen and oxygen atoms in total. The molecule has 0 fully saturated rings. The smallest absolute Gasteiger partial charge is 0.223 e. The van der Waals surface area contributed by atoms with Crippen LogP contribution in [0.4, 0.5) is 5.95 Å². The van der Waals surface area contributed by atoms with Gasteiger partial charge in [-0.2, -0.15) is 0 Å². The number of rotatable bonds is 5. The summed E-state index contributed by atoms with van der Waals surface area (Å²) in [5.74, 6) is 1.13. The van der Waals surface area contributed by atoms with E-state index in [0.717, 1.165) is 12.1 Å². The molecule has 0 bridgehead atoms. The van der Waals surface area contributed by atoms with E-state index in [4.69, 9.17) is 18.0 Å². The second-order valence-electron chi connectivity index (χ2n) is 4.49. The Morgan fingerprint density at radius 1 is 1.47 bits per heavy atom. The van der Waals surface area contributed by atoms with Crippen LogP contribution in [0.25, 0.3) is 0 Å². The zero-order valence-corrected chi connectivity index (χ0v) is 11.6. The van der Waals surface area contributed by atoms with E-state index in [1.807, 2.05) is 6.92 Å². The molecule has 17 heavy (non-hydrogen) atoms. The molecule has 1 rings (SSSR count). The third-order valence-electron chi connectivity index (χ3n) is 2.67. The van der Waals surface area contributed by atoms with Gasteiger partial charge < -0.3 is 11.1 Å². The molecule has 1 atom stereocenters. The van der Waals surface area contributed by atoms with Crippen molar-refractivity contribution in [3.05, 3.63) is 17.5 Å². The summed E-state index contributed by atoms with van der Waals surface area (Å²) in [5.41, 5.74) is 7.07. The molecule has 0 saturated heterocycles. The molecule has 0 amide bonds. The van der Waals surface area contributed by atoms with Crippen molar-refractivity contribution in [1.82, 2.24) is 9.97 Å². The van der Waals surface area contributed by atoms with E-state index >= 15 is 0 Å². The van der Waals surface area contributed by atoms with Crippen molar-refractivity contribution in [3.63, 3.8) is 0 Å². The van der Waals surface area contributed by atoms with Crippen LogP contribution >= 0.6 is 12.2 Å². The van der Waals surface area contributed by atoms with Crippen molar-refractivity contribution >= 4 is 23.2 Å². The molecular formula is C12H20N4S. The standard InChI is InChI=1S/C12H20N4S/c1-5-9(7(2)3)15-12-14-8(4)6-10(16-12)11(13)17/h6-7,9H,5H2,1-4H3,(H2,13,17)(H,14,15,16). The molecule has 94 valence electrons. The van der Waals surface area contributed by atoms with E-state index in [-0.39, 0.29) is 0 Å². The van der Waals surface area contributed by atoms with Crippen molar-refractivity contribution < 1.29 is 0 Å². The first-order valence-electron chi connectivity index (χ1n) is 5.86. The Balaban J connectivity index is 2.94. The Labute approximate surface area is 108 Å². The number of nitrogens with zero attached hydrogens (tertiary/aromatic N) is 2. The largest absolute Gasteiger partial charge is 0.388 e. The van der Waals surface area contributed by atoms with Gasteiger partial charge in [-0.05, 0) is 25.3 Å². The monoisotopic (exact) mass is 252 g/mol. The van der Waals surface area contributed by atoms with Gasteiger partial charge in [0.05, 0.1) is 0 Å². The molecule has 0 radical (unpaired) electrons. The normalized spacial score (nSPS) is 12.5. The lowest BCUT2D eigenvalue weighted by atomic mass is 10.0. The molecule has 5 heteroatoms. The van der Waals surface area contributed by atoms with Crippen LogP contribution in [0.15, 0.2) is 6.07 Å². The van der Waals surface area contributed by atoms with Crippen LogP contribution in [0.3, 0.4) is 0 Å². The third-order valence-corrected chi connectivity index (χ3v) is 2.87. The number of hydrogen-bond donors (Lipinski definition) is 2. The molecule has 1 heterocycles. The summed E-state index contributed by atoms with van der Waals surface area (Å²) in [6.45, 7) is 8.39. The number of anilines is 1. The molecule has 0 aromatic carbocycles. The highest BCUT2D eigenvalue weighted by Crippen LogP contribution is 2.12. The molecule has 0 aliphatic rings. The average Bonchev–Trinajstić information content (AvgIpc) is 2.24. The minimum absolute atomic E-state index is 0.302. The van der Waals surface area contributed by atoms with Gasteiger partial charge in [-0.3, -0.25) is 0 Å². The van der Waals surface area contributed by atoms with Crippen LogP contribution in [0.1, 0.15) is 38.6 Å². The van der Waals surface area contributed by atoms with E-state index in [1.54, 1.807) is 6.07 Å². The number of aromatic nitrogens is 2. The molecule has 0 aliphatic heterocycles. The number of thiocarbonyl (C=S) groups is 1. The minimum Gasteiger partial charge on any atom is -0.388 e. The highest BCUT2D eigenvalue weighted by atomic mass is 32.1. The van der Waals surface area contributed by atoms with Crippen molar-refractivity contribution in [2.24, 2.45) is 11.7 Å². The maximum atomic E-state index is 5.59.